The third kappa shape index (κ3) is 12.3. The molecule has 0 bridgehead atoms. The van der Waals surface area contributed by atoms with E-state index in [9.17, 15) is 4.79 Å². The lowest BCUT2D eigenvalue weighted by Gasteiger charge is -2.30. The summed E-state index contributed by atoms with van der Waals surface area (Å²) in [4.78, 5) is 18.4. The lowest BCUT2D eigenvalue weighted by Crippen LogP contribution is -2.42. The molecule has 0 heterocycles. The number of hydrogen-bond donors (Lipinski definition) is 2. The van der Waals surface area contributed by atoms with Crippen LogP contribution in [0.2, 0.25) is 0 Å². The van der Waals surface area contributed by atoms with E-state index in [4.69, 9.17) is 11.2 Å². The Balaban J connectivity index is 0. The number of aliphatic imine (C=N–C) groups is 1. The van der Waals surface area contributed by atoms with Crippen LogP contribution >= 0.6 is 24.0 Å². The molecule has 0 aromatic heterocycles. The molecule has 7 heteroatoms. The zero-order valence-electron chi connectivity index (χ0n) is 15.8. The molecule has 0 aliphatic carbocycles. The molecule has 0 aromatic carbocycles. The van der Waals surface area contributed by atoms with Gasteiger partial charge < -0.3 is 20.3 Å². The molecule has 0 atom stereocenters. The number of carbonyl (C=O) groups is 1. The summed E-state index contributed by atoms with van der Waals surface area (Å²) < 4.78 is 5.44. The third-order valence-corrected chi connectivity index (χ3v) is 2.78. The Kier molecular flexibility index (Phi) is 13.7. The summed E-state index contributed by atoms with van der Waals surface area (Å²) in [5.41, 5.74) is -0.486. The molecule has 1 amide bonds. The van der Waals surface area contributed by atoms with E-state index in [-0.39, 0.29) is 36.1 Å². The van der Waals surface area contributed by atoms with Crippen LogP contribution in [0, 0.1) is 12.3 Å². The van der Waals surface area contributed by atoms with Crippen LogP contribution in [0.3, 0.4) is 0 Å². The van der Waals surface area contributed by atoms with Crippen molar-refractivity contribution in [3.05, 3.63) is 0 Å². The van der Waals surface area contributed by atoms with E-state index in [0.717, 1.165) is 13.0 Å². The summed E-state index contributed by atoms with van der Waals surface area (Å²) in [5, 5.41) is 6.15. The molecule has 6 nitrogen and oxygen atoms in total. The number of carbonyl (C=O) groups excluding carboxylic acids is 1. The fourth-order valence-corrected chi connectivity index (χ4v) is 1.79. The number of hydrogen-bond acceptors (Lipinski definition) is 3. The lowest BCUT2D eigenvalue weighted by molar-refractivity contribution is 0.0190. The fraction of sp³-hybridized carbons (Fsp3) is 0.765. The molecular weight excluding hydrogens is 419 g/mol. The number of terminal acetylenes is 1. The molecule has 24 heavy (non-hydrogen) atoms. The maximum atomic E-state index is 12.2. The van der Waals surface area contributed by atoms with E-state index < -0.39 is 5.60 Å². The second kappa shape index (κ2) is 13.2. The molecule has 0 saturated heterocycles. The van der Waals surface area contributed by atoms with Gasteiger partial charge in [0.25, 0.3) is 0 Å². The molecule has 0 rings (SSSR count). The van der Waals surface area contributed by atoms with Gasteiger partial charge in [-0.3, -0.25) is 4.99 Å². The summed E-state index contributed by atoms with van der Waals surface area (Å²) in [6, 6.07) is 0.0848. The molecular formula is C17H33IN4O2. The van der Waals surface area contributed by atoms with E-state index in [1.54, 1.807) is 4.90 Å². The molecule has 0 spiro atoms. The summed E-state index contributed by atoms with van der Waals surface area (Å²) >= 11 is 0. The molecule has 0 aliphatic rings. The van der Waals surface area contributed by atoms with Gasteiger partial charge in [-0.2, -0.15) is 0 Å². The molecule has 0 radical (unpaired) electrons. The standard InChI is InChI=1S/C17H32N4O2.HI/c1-8-11-19-15(18-9-2)20-12-10-13-21(14(3)4)16(22)23-17(5,6)7;/h1,14H,9-13H2,2-7H3,(H2,18,19,20);1H. The van der Waals surface area contributed by atoms with Crippen molar-refractivity contribution in [1.29, 1.82) is 0 Å². The molecule has 0 aliphatic heterocycles. The first-order valence-electron chi connectivity index (χ1n) is 8.16. The van der Waals surface area contributed by atoms with Crippen molar-refractivity contribution in [3.8, 4) is 12.3 Å². The van der Waals surface area contributed by atoms with Gasteiger partial charge in [0.2, 0.25) is 0 Å². The number of amides is 1. The van der Waals surface area contributed by atoms with Crippen LogP contribution in [-0.4, -0.2) is 54.8 Å². The second-order valence-electron chi connectivity index (χ2n) is 6.44. The minimum absolute atomic E-state index is 0. The van der Waals surface area contributed by atoms with Crippen molar-refractivity contribution >= 4 is 36.0 Å². The predicted octanol–water partition coefficient (Wildman–Crippen LogP) is 2.83. The van der Waals surface area contributed by atoms with Crippen LogP contribution in [0.25, 0.3) is 0 Å². The van der Waals surface area contributed by atoms with Crippen molar-refractivity contribution in [3.63, 3.8) is 0 Å². The largest absolute Gasteiger partial charge is 0.444 e. The van der Waals surface area contributed by atoms with E-state index in [1.807, 2.05) is 41.5 Å². The quantitative estimate of drug-likeness (QED) is 0.205. The Morgan fingerprint density at radius 2 is 1.96 bits per heavy atom. The monoisotopic (exact) mass is 452 g/mol. The maximum absolute atomic E-state index is 12.2. The summed E-state index contributed by atoms with van der Waals surface area (Å²) in [6.45, 7) is 14.0. The van der Waals surface area contributed by atoms with Gasteiger partial charge in [0, 0.05) is 25.7 Å². The maximum Gasteiger partial charge on any atom is 0.410 e. The van der Waals surface area contributed by atoms with Gasteiger partial charge in [0.15, 0.2) is 5.96 Å². The van der Waals surface area contributed by atoms with Crippen LogP contribution in [0.5, 0.6) is 0 Å². The average molecular weight is 452 g/mol. The Hall–Kier alpha value is -1.17. The number of rotatable bonds is 7. The van der Waals surface area contributed by atoms with E-state index in [2.05, 4.69) is 21.5 Å². The van der Waals surface area contributed by atoms with Crippen LogP contribution in [0.4, 0.5) is 4.79 Å². The van der Waals surface area contributed by atoms with Gasteiger partial charge >= 0.3 is 6.09 Å². The van der Waals surface area contributed by atoms with E-state index in [1.165, 1.54) is 0 Å². The number of guanidine groups is 1. The van der Waals surface area contributed by atoms with Gasteiger partial charge in [0.05, 0.1) is 6.54 Å². The first-order chi connectivity index (χ1) is 10.7. The Morgan fingerprint density at radius 1 is 1.33 bits per heavy atom. The average Bonchev–Trinajstić information content (AvgIpc) is 2.41. The van der Waals surface area contributed by atoms with Crippen LogP contribution in [0.15, 0.2) is 4.99 Å². The summed E-state index contributed by atoms with van der Waals surface area (Å²) in [7, 11) is 0. The van der Waals surface area contributed by atoms with Crippen molar-refractivity contribution in [2.75, 3.05) is 26.2 Å². The number of nitrogens with one attached hydrogen (secondary N) is 2. The predicted molar refractivity (Wildman–Crippen MR) is 111 cm³/mol. The second-order valence-corrected chi connectivity index (χ2v) is 6.44. The Morgan fingerprint density at radius 3 is 2.42 bits per heavy atom. The highest BCUT2D eigenvalue weighted by Gasteiger charge is 2.23. The Bertz CT molecular complexity index is 425. The molecule has 0 saturated carbocycles. The third-order valence-electron chi connectivity index (χ3n) is 2.78. The van der Waals surface area contributed by atoms with E-state index >= 15 is 0 Å². The minimum Gasteiger partial charge on any atom is -0.444 e. The molecule has 140 valence electrons. The van der Waals surface area contributed by atoms with Crippen molar-refractivity contribution in [2.24, 2.45) is 4.99 Å². The SMILES string of the molecule is C#CCNC(=NCCCN(C(=O)OC(C)(C)C)C(C)C)NCC.I. The van der Waals surface area contributed by atoms with Gasteiger partial charge in [0.1, 0.15) is 5.60 Å². The van der Waals surface area contributed by atoms with Crippen molar-refractivity contribution in [1.82, 2.24) is 15.5 Å². The molecule has 0 aromatic rings. The highest BCUT2D eigenvalue weighted by atomic mass is 127. The van der Waals surface area contributed by atoms with E-state index in [0.29, 0.717) is 25.6 Å². The zero-order valence-corrected chi connectivity index (χ0v) is 18.1. The number of halogens is 1. The Labute approximate surface area is 164 Å². The molecule has 2 N–H and O–H groups in total. The van der Waals surface area contributed by atoms with Crippen LogP contribution in [0.1, 0.15) is 48.0 Å². The highest BCUT2D eigenvalue weighted by molar-refractivity contribution is 14.0. The molecule has 0 unspecified atom stereocenters. The van der Waals surface area contributed by atoms with Gasteiger partial charge in [-0.15, -0.1) is 30.4 Å². The van der Waals surface area contributed by atoms with Gasteiger partial charge in [-0.1, -0.05) is 5.92 Å². The van der Waals surface area contributed by atoms with Crippen molar-refractivity contribution in [2.45, 2.75) is 59.6 Å². The lowest BCUT2D eigenvalue weighted by atomic mass is 10.2. The smallest absolute Gasteiger partial charge is 0.410 e. The van der Waals surface area contributed by atoms with Gasteiger partial charge in [-0.05, 0) is 48.0 Å². The number of ether oxygens (including phenoxy) is 1. The normalized spacial score (nSPS) is 11.3. The fourth-order valence-electron chi connectivity index (χ4n) is 1.79. The molecule has 0 fully saturated rings. The highest BCUT2D eigenvalue weighted by Crippen LogP contribution is 2.12. The van der Waals surface area contributed by atoms with Crippen LogP contribution < -0.4 is 10.6 Å². The first-order valence-corrected chi connectivity index (χ1v) is 8.16. The van der Waals surface area contributed by atoms with Crippen LogP contribution in [-0.2, 0) is 4.74 Å². The van der Waals surface area contributed by atoms with Gasteiger partial charge in [-0.25, -0.2) is 4.79 Å². The summed E-state index contributed by atoms with van der Waals surface area (Å²) in [5.74, 6) is 3.21. The number of nitrogens with zero attached hydrogens (tertiary/aromatic N) is 2. The topological polar surface area (TPSA) is 66.0 Å². The van der Waals surface area contributed by atoms with Crippen molar-refractivity contribution < 1.29 is 9.53 Å². The zero-order chi connectivity index (χ0) is 17.9. The summed E-state index contributed by atoms with van der Waals surface area (Å²) in [6.07, 6.45) is 5.70. The first kappa shape index (κ1) is 25.1. The minimum atomic E-state index is -0.486.